The third kappa shape index (κ3) is 59.3. The van der Waals surface area contributed by atoms with Crippen LogP contribution in [0.25, 0.3) is 0 Å². The van der Waals surface area contributed by atoms with Gasteiger partial charge in [-0.25, -0.2) is 28.8 Å². The van der Waals surface area contributed by atoms with Crippen molar-refractivity contribution in [1.29, 1.82) is 0 Å². The Bertz CT molecular complexity index is 4070. The van der Waals surface area contributed by atoms with Crippen molar-refractivity contribution in [3.05, 3.63) is 164 Å². The summed E-state index contributed by atoms with van der Waals surface area (Å²) >= 11 is 0. The normalized spacial score (nSPS) is 11.9. The molecule has 0 radical (unpaired) electrons. The minimum Gasteiger partial charge on any atom is -0.493 e. The summed E-state index contributed by atoms with van der Waals surface area (Å²) in [6, 6.07) is 16.3. The summed E-state index contributed by atoms with van der Waals surface area (Å²) in [4.78, 5) is 91.9. The summed E-state index contributed by atoms with van der Waals surface area (Å²) < 4.78 is 63.6. The van der Waals surface area contributed by atoms with Gasteiger partial charge in [0.05, 0.1) is 40.6 Å². The number of unbranched alkanes of at least 4 members (excludes halogenated alkanes) is 60. The molecule has 1 aliphatic carbocycles. The number of carbonyl (C=O) groups excluding carboxylic acids is 7. The molecular weight excluding hydrogens is 1740 g/mol. The Morgan fingerprint density at radius 2 is 0.374 bits per heavy atom. The van der Waals surface area contributed by atoms with Gasteiger partial charge in [-0.05, 0) is 154 Å². The summed E-state index contributed by atoms with van der Waals surface area (Å²) in [5, 5.41) is 0. The van der Waals surface area contributed by atoms with Crippen LogP contribution in [0.2, 0.25) is 0 Å². The van der Waals surface area contributed by atoms with Gasteiger partial charge in [-0.2, -0.15) is 0 Å². The average molecular weight is 1930 g/mol. The van der Waals surface area contributed by atoms with Gasteiger partial charge in [0.25, 0.3) is 0 Å². The van der Waals surface area contributed by atoms with Crippen molar-refractivity contribution in [2.75, 3.05) is 40.6 Å². The van der Waals surface area contributed by atoms with Crippen LogP contribution >= 0.6 is 0 Å². The van der Waals surface area contributed by atoms with Crippen molar-refractivity contribution in [3.8, 4) is 23.0 Å². The highest BCUT2D eigenvalue weighted by Gasteiger charge is 2.27. The lowest BCUT2D eigenvalue weighted by Crippen LogP contribution is -2.13. The highest BCUT2D eigenvalue weighted by molar-refractivity contribution is 5.94. The van der Waals surface area contributed by atoms with E-state index in [0.29, 0.717) is 71.7 Å². The maximum Gasteiger partial charge on any atom is 0.331 e. The summed E-state index contributed by atoms with van der Waals surface area (Å²) in [6.07, 6.45) is 87.0. The first-order chi connectivity index (χ1) is 68.1. The number of fused-ring (bicyclic) bond motifs is 8. The lowest BCUT2D eigenvalue weighted by atomic mass is 9.88. The Kier molecular flexibility index (Phi) is 71.4. The Morgan fingerprint density at radius 1 is 0.223 bits per heavy atom. The van der Waals surface area contributed by atoms with Crippen molar-refractivity contribution in [3.63, 3.8) is 0 Å². The van der Waals surface area contributed by atoms with Gasteiger partial charge in [0.1, 0.15) is 49.4 Å². The molecule has 1 aliphatic rings. The van der Waals surface area contributed by atoms with E-state index in [0.717, 1.165) is 178 Å². The summed E-state index contributed by atoms with van der Waals surface area (Å²) in [5.74, 6) is -1.93. The number of ether oxygens (including phenoxy) is 10. The second-order valence-corrected chi connectivity index (χ2v) is 39.6. The zero-order valence-electron chi connectivity index (χ0n) is 88.5. The van der Waals surface area contributed by atoms with E-state index >= 15 is 0 Å². The number of rotatable bonds is 87. The first-order valence-corrected chi connectivity index (χ1v) is 56.2. The maximum atomic E-state index is 13.8. The minimum absolute atomic E-state index is 0.0963. The van der Waals surface area contributed by atoms with Gasteiger partial charge in [0.15, 0.2) is 5.78 Å². The number of hydrogen-bond donors (Lipinski definition) is 0. The molecule has 0 unspecified atom stereocenters. The van der Waals surface area contributed by atoms with Crippen LogP contribution in [0.1, 0.15) is 512 Å². The Balaban J connectivity index is 1.76. The van der Waals surface area contributed by atoms with Crippen LogP contribution in [0.3, 0.4) is 0 Å². The van der Waals surface area contributed by atoms with Crippen LogP contribution < -0.4 is 18.9 Å². The molecule has 0 spiro atoms. The van der Waals surface area contributed by atoms with Gasteiger partial charge < -0.3 is 47.4 Å². The highest BCUT2D eigenvalue weighted by Crippen LogP contribution is 2.43. The largest absolute Gasteiger partial charge is 0.493 e. The van der Waals surface area contributed by atoms with Crippen molar-refractivity contribution >= 4 is 41.6 Å². The molecule has 0 heterocycles. The fourth-order valence-corrected chi connectivity index (χ4v) is 19.0. The van der Waals surface area contributed by atoms with E-state index in [2.05, 4.69) is 46.4 Å². The molecule has 4 aromatic rings. The molecule has 0 N–H and O–H groups in total. The molecule has 0 aromatic heterocycles. The first kappa shape index (κ1) is 121. The number of esters is 6. The van der Waals surface area contributed by atoms with Gasteiger partial charge in [-0.1, -0.05) is 420 Å². The molecule has 0 aliphatic heterocycles. The van der Waals surface area contributed by atoms with Crippen molar-refractivity contribution in [2.45, 2.75) is 498 Å². The second-order valence-electron chi connectivity index (χ2n) is 39.6. The SMILES string of the molecule is C=CC(=O)OCc1cc2c(OCCCCCCCCCCCCCCCCCC)c(c1)Cc1cc(COC(=O)/C=C\C(=O)OC)cc(c1OCCCCCCCCCCCCCCCCCC)Cc1cc(COC(=O)/C=C\C(=O)OC)cc(c1OCCCCCCCCCCCCCCCCCC)Cc1cc(COC(=O)/C=C\C(C)=O)cc(c1OCCCCCCCCCCCCCCCCCC)C2. The fraction of sp³-hybridized carbons (Fsp3) is 0.680. The third-order valence-electron chi connectivity index (χ3n) is 27.0. The second kappa shape index (κ2) is 82.0. The van der Waals surface area contributed by atoms with E-state index in [4.69, 9.17) is 47.4 Å². The van der Waals surface area contributed by atoms with Crippen LogP contribution in [0, 0.1) is 0 Å². The van der Waals surface area contributed by atoms with E-state index in [-0.39, 0.29) is 57.9 Å². The summed E-state index contributed by atoms with van der Waals surface area (Å²) in [5.41, 5.74) is 8.76. The van der Waals surface area contributed by atoms with E-state index in [1.54, 1.807) is 0 Å². The Hall–Kier alpha value is -8.47. The smallest absolute Gasteiger partial charge is 0.331 e. The number of carbonyl (C=O) groups is 7. The molecule has 5 rings (SSSR count). The zero-order chi connectivity index (χ0) is 99.7. The van der Waals surface area contributed by atoms with E-state index in [1.165, 1.54) is 341 Å². The van der Waals surface area contributed by atoms with Crippen LogP contribution in [-0.2, 0) is 114 Å². The van der Waals surface area contributed by atoms with Gasteiger partial charge in [0.2, 0.25) is 0 Å². The molecular formula is C122H190O17. The molecule has 4 aromatic carbocycles. The minimum atomic E-state index is -0.752. The van der Waals surface area contributed by atoms with Crippen LogP contribution in [0.5, 0.6) is 23.0 Å². The molecule has 0 amide bonds. The molecule has 0 fully saturated rings. The van der Waals surface area contributed by atoms with Crippen molar-refractivity contribution in [2.24, 2.45) is 0 Å². The molecule has 139 heavy (non-hydrogen) atoms. The maximum absolute atomic E-state index is 13.8. The standard InChI is InChI=1S/C122H190O17/c1-9-14-18-22-26-30-34-38-42-46-50-54-58-62-66-70-80-132-119-105-84-101(96-136-113(124)13-5)85-106(119)93-109-88-103(98-138-117(128)78-76-114(125)130-7)89-111(121(109)134-82-72-68-64-60-56-52-48-44-40-36-32-28-24-20-16-11-3)95-112-91-104(99-139-118(129)79-77-115(126)131-8)90-110(122(112)135-83-73-69-65-61-57-53-49-45-41-37-33-29-25-21-17-12-4)94-108-87-102(97-137-116(127)75-74-100(6)123)86-107(92-105)120(108)133-81-71-67-63-59-55-51-47-43-39-35-31-27-23-19-15-10-2/h13,74-79,84-91H,5,9-12,14-73,80-83,92-99H2,1-4,6-8H3/b75-74-,78-76-,79-77-. The zero-order valence-corrected chi connectivity index (χ0v) is 88.5. The highest BCUT2D eigenvalue weighted by atomic mass is 16.6. The van der Waals surface area contributed by atoms with Crippen LogP contribution in [0.4, 0.5) is 0 Å². The van der Waals surface area contributed by atoms with Crippen molar-refractivity contribution in [1.82, 2.24) is 0 Å². The molecule has 8 bridgehead atoms. The molecule has 0 saturated heterocycles. The average Bonchev–Trinajstić information content (AvgIpc) is 0.771. The van der Waals surface area contributed by atoms with Gasteiger partial charge in [-0.15, -0.1) is 0 Å². The number of benzene rings is 4. The summed E-state index contributed by atoms with van der Waals surface area (Å²) in [6.45, 7) is 15.2. The number of methoxy groups -OCH3 is 2. The lowest BCUT2D eigenvalue weighted by molar-refractivity contribution is -0.140. The number of hydrogen-bond acceptors (Lipinski definition) is 17. The predicted octanol–water partition coefficient (Wildman–Crippen LogP) is 32.9. The topological polar surface area (TPSA) is 212 Å². The number of ketones is 1. The van der Waals surface area contributed by atoms with Gasteiger partial charge >= 0.3 is 35.8 Å². The Labute approximate surface area is 843 Å². The predicted molar refractivity (Wildman–Crippen MR) is 569 cm³/mol. The van der Waals surface area contributed by atoms with Crippen molar-refractivity contribution < 1.29 is 80.9 Å². The quantitative estimate of drug-likeness (QED) is 0.0153. The first-order valence-electron chi connectivity index (χ1n) is 56.2. The van der Waals surface area contributed by atoms with Gasteiger partial charge in [-0.3, -0.25) is 4.79 Å². The molecule has 0 saturated carbocycles. The fourth-order valence-electron chi connectivity index (χ4n) is 19.0. The monoisotopic (exact) mass is 1930 g/mol. The Morgan fingerprint density at radius 3 is 0.532 bits per heavy atom. The van der Waals surface area contributed by atoms with Gasteiger partial charge in [0, 0.05) is 62.1 Å². The lowest BCUT2D eigenvalue weighted by Gasteiger charge is -2.25. The van der Waals surface area contributed by atoms with Crippen LogP contribution in [0.15, 0.2) is 97.6 Å². The molecule has 17 nitrogen and oxygen atoms in total. The molecule has 780 valence electrons. The van der Waals surface area contributed by atoms with E-state index in [9.17, 15) is 33.6 Å². The third-order valence-corrected chi connectivity index (χ3v) is 27.0. The summed E-state index contributed by atoms with van der Waals surface area (Å²) in [7, 11) is 2.50. The van der Waals surface area contributed by atoms with E-state index < -0.39 is 35.8 Å². The van der Waals surface area contributed by atoms with E-state index in [1.807, 2.05) is 36.4 Å². The van der Waals surface area contributed by atoms with Crippen LogP contribution in [-0.4, -0.2) is 82.2 Å². The number of allylic oxidation sites excluding steroid dienone is 1. The molecule has 0 atom stereocenters. The molecule has 17 heteroatoms.